The molecule has 0 aliphatic carbocycles. The summed E-state index contributed by atoms with van der Waals surface area (Å²) in [7, 11) is 2.59. The highest BCUT2D eigenvalue weighted by atomic mass is 35.7. The van der Waals surface area contributed by atoms with Gasteiger partial charge >= 0.3 is 5.51 Å². The molecule has 1 heterocycles. The fourth-order valence-corrected chi connectivity index (χ4v) is 4.49. The molecule has 1 unspecified atom stereocenters. The van der Waals surface area contributed by atoms with Gasteiger partial charge in [0, 0.05) is 4.90 Å². The van der Waals surface area contributed by atoms with Crippen molar-refractivity contribution in [2.45, 2.75) is 30.7 Å². The number of alkyl halides is 3. The average Bonchev–Trinajstić information content (AvgIpc) is 2.51. The van der Waals surface area contributed by atoms with E-state index in [4.69, 9.17) is 10.7 Å². The summed E-state index contributed by atoms with van der Waals surface area (Å²) < 4.78 is 39.5. The van der Waals surface area contributed by atoms with Gasteiger partial charge in [-0.05, 0) is 61.4 Å². The first kappa shape index (κ1) is 12.8. The molecular weight excluding hydrogens is 269 g/mol. The number of fused-ring (bicyclic) bond motifs is 1. The van der Waals surface area contributed by atoms with Crippen molar-refractivity contribution in [2.24, 2.45) is 0 Å². The van der Waals surface area contributed by atoms with Crippen LogP contribution in [-0.2, 0) is 6.42 Å². The Morgan fingerprint density at radius 2 is 1.94 bits per heavy atom. The van der Waals surface area contributed by atoms with Gasteiger partial charge in [-0.3, -0.25) is 0 Å². The molecule has 1 aliphatic heterocycles. The molecule has 0 fully saturated rings. The van der Waals surface area contributed by atoms with Crippen LogP contribution in [0.3, 0.4) is 0 Å². The molecule has 0 radical (unpaired) electrons. The molecule has 94 valence electrons. The summed E-state index contributed by atoms with van der Waals surface area (Å²) in [6.07, 6.45) is 2.25. The number of aryl methyl sites for hydroxylation is 1. The van der Waals surface area contributed by atoms with Gasteiger partial charge in [0.1, 0.15) is 0 Å². The van der Waals surface area contributed by atoms with Gasteiger partial charge < -0.3 is 0 Å². The zero-order valence-electron chi connectivity index (χ0n) is 9.44. The summed E-state index contributed by atoms with van der Waals surface area (Å²) in [6.45, 7) is 3.37. The molecule has 0 N–H and O–H groups in total. The monoisotopic (exact) mass is 280 g/mol. The van der Waals surface area contributed by atoms with Crippen molar-refractivity contribution in [3.05, 3.63) is 34.2 Å². The third kappa shape index (κ3) is 1.78. The summed E-state index contributed by atoms with van der Waals surface area (Å²) in [4.78, 5) is 0.457. The first-order valence-electron chi connectivity index (χ1n) is 5.21. The number of allylic oxidation sites excluding steroid dienone is 1. The highest BCUT2D eigenvalue weighted by molar-refractivity contribution is 8.54. The number of halogens is 4. The molecule has 0 saturated heterocycles. The maximum atomic E-state index is 13.2. The van der Waals surface area contributed by atoms with E-state index in [2.05, 4.69) is 0 Å². The topological polar surface area (TPSA) is 0 Å². The van der Waals surface area contributed by atoms with Crippen molar-refractivity contribution in [1.29, 1.82) is 0 Å². The van der Waals surface area contributed by atoms with Crippen molar-refractivity contribution in [3.63, 3.8) is 0 Å². The number of rotatable bonds is 1. The first-order valence-corrected chi connectivity index (χ1v) is 7.67. The van der Waals surface area contributed by atoms with E-state index in [-0.39, 0.29) is 9.80 Å². The van der Waals surface area contributed by atoms with Crippen molar-refractivity contribution in [1.82, 2.24) is 0 Å². The predicted octanol–water partition coefficient (Wildman–Crippen LogP) is 5.46. The van der Waals surface area contributed by atoms with Gasteiger partial charge in [-0.2, -0.15) is 13.2 Å². The largest absolute Gasteiger partial charge is 0.445 e. The fourth-order valence-electron chi connectivity index (χ4n) is 1.94. The van der Waals surface area contributed by atoms with Crippen molar-refractivity contribution >= 4 is 26.0 Å². The van der Waals surface area contributed by atoms with Crippen molar-refractivity contribution < 1.29 is 13.2 Å². The highest BCUT2D eigenvalue weighted by Crippen LogP contribution is 2.79. The van der Waals surface area contributed by atoms with E-state index in [0.717, 1.165) is 5.56 Å². The Kier molecular flexibility index (Phi) is 2.99. The minimum Gasteiger partial charge on any atom is -0.160 e. The quantitative estimate of drug-likeness (QED) is 0.641. The van der Waals surface area contributed by atoms with Gasteiger partial charge in [0.15, 0.2) is 0 Å². The lowest BCUT2D eigenvalue weighted by Gasteiger charge is -2.33. The van der Waals surface area contributed by atoms with Crippen LogP contribution in [0.15, 0.2) is 28.0 Å². The summed E-state index contributed by atoms with van der Waals surface area (Å²) in [5.74, 6) is 0. The minimum atomic E-state index is -4.40. The van der Waals surface area contributed by atoms with Crippen LogP contribution in [0.25, 0.3) is 6.08 Å². The van der Waals surface area contributed by atoms with E-state index in [1.54, 1.807) is 18.2 Å². The lowest BCUT2D eigenvalue weighted by molar-refractivity contribution is -0.0359. The van der Waals surface area contributed by atoms with Crippen LogP contribution in [0.1, 0.15) is 25.0 Å². The Labute approximate surface area is 104 Å². The summed E-state index contributed by atoms with van der Waals surface area (Å²) in [6, 6.07) is 5.17. The second-order valence-corrected chi connectivity index (χ2v) is 7.97. The molecule has 2 rings (SSSR count). The molecular formula is C12H12ClF3S. The second-order valence-electron chi connectivity index (χ2n) is 3.96. The van der Waals surface area contributed by atoms with Gasteiger partial charge in [-0.1, -0.05) is 19.1 Å². The van der Waals surface area contributed by atoms with E-state index in [0.29, 0.717) is 12.0 Å². The molecule has 0 bridgehead atoms. The minimum absolute atomic E-state index is 0.218. The molecule has 1 aliphatic rings. The summed E-state index contributed by atoms with van der Waals surface area (Å²) in [5, 5.41) is 0. The summed E-state index contributed by atoms with van der Waals surface area (Å²) >= 11 is 0. The van der Waals surface area contributed by atoms with Crippen LogP contribution >= 0.6 is 19.9 Å². The maximum absolute atomic E-state index is 13.2. The van der Waals surface area contributed by atoms with Crippen LogP contribution in [0.5, 0.6) is 0 Å². The number of hydrogen-bond acceptors (Lipinski definition) is 0. The molecule has 1 aromatic carbocycles. The number of benzene rings is 1. The lowest BCUT2D eigenvalue weighted by atomic mass is 10.1. The molecule has 1 atom stereocenters. The SMILES string of the molecule is CCc1ccc2c(c1)S(Cl)(C(F)(F)F)C(C)=C2. The van der Waals surface area contributed by atoms with Gasteiger partial charge in [0.25, 0.3) is 0 Å². The maximum Gasteiger partial charge on any atom is 0.445 e. The third-order valence-electron chi connectivity index (χ3n) is 2.91. The Morgan fingerprint density at radius 3 is 2.47 bits per heavy atom. The Hall–Kier alpha value is -0.610. The third-order valence-corrected chi connectivity index (χ3v) is 7.27. The fraction of sp³-hybridized carbons (Fsp3) is 0.333. The van der Waals surface area contributed by atoms with Gasteiger partial charge in [0.2, 0.25) is 0 Å². The van der Waals surface area contributed by atoms with Gasteiger partial charge in [-0.15, -0.1) is 0 Å². The first-order chi connectivity index (χ1) is 7.80. The molecule has 1 aromatic rings. The predicted molar refractivity (Wildman–Crippen MR) is 67.2 cm³/mol. The standard InChI is InChI=1S/C12H12ClF3S/c1-3-9-4-5-10-6-8(2)17(13,11(10)7-9)12(14,15)16/h4-7H,3H2,1-2H3. The normalized spacial score (nSPS) is 27.3. The van der Waals surface area contributed by atoms with Crippen LogP contribution in [0.4, 0.5) is 13.2 Å². The average molecular weight is 281 g/mol. The second kappa shape index (κ2) is 3.95. The van der Waals surface area contributed by atoms with Gasteiger partial charge in [0.05, 0.1) is 0 Å². The molecule has 17 heavy (non-hydrogen) atoms. The van der Waals surface area contributed by atoms with Crippen molar-refractivity contribution in [3.8, 4) is 0 Å². The van der Waals surface area contributed by atoms with Crippen LogP contribution in [-0.4, -0.2) is 5.51 Å². The van der Waals surface area contributed by atoms with E-state index in [9.17, 15) is 13.2 Å². The zero-order chi connectivity index (χ0) is 12.8. The molecule has 0 aromatic heterocycles. The summed E-state index contributed by atoms with van der Waals surface area (Å²) in [5.41, 5.74) is -2.91. The lowest BCUT2D eigenvalue weighted by Crippen LogP contribution is -2.15. The van der Waals surface area contributed by atoms with Crippen LogP contribution in [0, 0.1) is 0 Å². The van der Waals surface area contributed by atoms with Crippen molar-refractivity contribution in [2.75, 3.05) is 0 Å². The molecule has 0 spiro atoms. The molecule has 5 heteroatoms. The Bertz CT molecular complexity index is 493. The number of hydrogen-bond donors (Lipinski definition) is 0. The van der Waals surface area contributed by atoms with E-state index < -0.39 is 14.7 Å². The van der Waals surface area contributed by atoms with Crippen LogP contribution < -0.4 is 0 Å². The van der Waals surface area contributed by atoms with E-state index >= 15 is 0 Å². The van der Waals surface area contributed by atoms with E-state index in [1.165, 1.54) is 6.92 Å². The Balaban J connectivity index is 2.64. The highest BCUT2D eigenvalue weighted by Gasteiger charge is 2.54. The zero-order valence-corrected chi connectivity index (χ0v) is 11.0. The smallest absolute Gasteiger partial charge is 0.160 e. The van der Waals surface area contributed by atoms with Gasteiger partial charge in [-0.25, -0.2) is 0 Å². The van der Waals surface area contributed by atoms with Crippen LogP contribution in [0.2, 0.25) is 0 Å². The Morgan fingerprint density at radius 1 is 1.29 bits per heavy atom. The molecule has 0 nitrogen and oxygen atoms in total. The molecule has 0 amide bonds. The van der Waals surface area contributed by atoms with E-state index in [1.807, 2.05) is 13.0 Å². The molecule has 0 saturated carbocycles.